The second-order valence-corrected chi connectivity index (χ2v) is 6.06. The summed E-state index contributed by atoms with van der Waals surface area (Å²) in [7, 11) is 0. The first kappa shape index (κ1) is 11.1. The smallest absolute Gasteiger partial charge is 0.0354 e. The van der Waals surface area contributed by atoms with Crippen LogP contribution in [0.3, 0.4) is 0 Å². The van der Waals surface area contributed by atoms with Crippen molar-refractivity contribution in [2.45, 2.75) is 60.3 Å². The van der Waals surface area contributed by atoms with Crippen LogP contribution in [0, 0.1) is 23.2 Å². The van der Waals surface area contributed by atoms with E-state index >= 15 is 0 Å². The van der Waals surface area contributed by atoms with Crippen molar-refractivity contribution in [2.75, 3.05) is 0 Å². The zero-order chi connectivity index (χ0) is 10.1. The quantitative estimate of drug-likeness (QED) is 0.600. The molecule has 1 rings (SSSR count). The topological polar surface area (TPSA) is 0 Å². The lowest BCUT2D eigenvalue weighted by Crippen LogP contribution is -2.31. The molecule has 0 spiro atoms. The molecule has 0 aliphatic heterocycles. The first-order valence-electron chi connectivity index (χ1n) is 5.94. The molecule has 1 saturated carbocycles. The van der Waals surface area contributed by atoms with Gasteiger partial charge in [0, 0.05) is 0 Å². The third-order valence-electron chi connectivity index (χ3n) is 4.01. The molecule has 0 unspecified atom stereocenters. The SMILES string of the molecule is CCC(C)(C)CC1CC(C(C)C)C1. The van der Waals surface area contributed by atoms with Crippen LogP contribution in [-0.2, 0) is 0 Å². The van der Waals surface area contributed by atoms with Crippen molar-refractivity contribution in [1.82, 2.24) is 0 Å². The predicted octanol–water partition coefficient (Wildman–Crippen LogP) is 4.49. The van der Waals surface area contributed by atoms with E-state index in [9.17, 15) is 0 Å². The van der Waals surface area contributed by atoms with Gasteiger partial charge in [-0.3, -0.25) is 0 Å². The molecule has 1 fully saturated rings. The van der Waals surface area contributed by atoms with Gasteiger partial charge in [0.15, 0.2) is 0 Å². The highest BCUT2D eigenvalue weighted by Crippen LogP contribution is 2.45. The molecule has 1 aliphatic carbocycles. The number of hydrogen-bond acceptors (Lipinski definition) is 0. The molecule has 0 aromatic carbocycles. The highest BCUT2D eigenvalue weighted by Gasteiger charge is 2.34. The van der Waals surface area contributed by atoms with E-state index in [1.165, 1.54) is 25.7 Å². The summed E-state index contributed by atoms with van der Waals surface area (Å²) in [6.45, 7) is 11.9. The van der Waals surface area contributed by atoms with Gasteiger partial charge in [0.05, 0.1) is 0 Å². The maximum atomic E-state index is 2.41. The molecule has 0 bridgehead atoms. The van der Waals surface area contributed by atoms with Gasteiger partial charge in [0.25, 0.3) is 0 Å². The van der Waals surface area contributed by atoms with E-state index in [1.54, 1.807) is 0 Å². The summed E-state index contributed by atoms with van der Waals surface area (Å²) < 4.78 is 0. The number of rotatable bonds is 4. The summed E-state index contributed by atoms with van der Waals surface area (Å²) in [4.78, 5) is 0. The lowest BCUT2D eigenvalue weighted by molar-refractivity contribution is 0.0931. The molecule has 0 atom stereocenters. The van der Waals surface area contributed by atoms with Gasteiger partial charge in [0.1, 0.15) is 0 Å². The average molecular weight is 182 g/mol. The molecule has 0 nitrogen and oxygen atoms in total. The van der Waals surface area contributed by atoms with E-state index in [0.29, 0.717) is 5.41 Å². The van der Waals surface area contributed by atoms with Gasteiger partial charge in [-0.25, -0.2) is 0 Å². The monoisotopic (exact) mass is 182 g/mol. The van der Waals surface area contributed by atoms with Crippen LogP contribution >= 0.6 is 0 Å². The van der Waals surface area contributed by atoms with Crippen LogP contribution in [0.2, 0.25) is 0 Å². The van der Waals surface area contributed by atoms with Crippen molar-refractivity contribution in [3.63, 3.8) is 0 Å². The second-order valence-electron chi connectivity index (χ2n) is 6.06. The zero-order valence-electron chi connectivity index (χ0n) is 10.1. The minimum absolute atomic E-state index is 0.590. The Morgan fingerprint density at radius 2 is 1.77 bits per heavy atom. The van der Waals surface area contributed by atoms with Crippen molar-refractivity contribution in [3.8, 4) is 0 Å². The van der Waals surface area contributed by atoms with Gasteiger partial charge in [-0.15, -0.1) is 0 Å². The molecule has 0 heterocycles. The Kier molecular flexibility index (Phi) is 3.43. The minimum Gasteiger partial charge on any atom is -0.0649 e. The Hall–Kier alpha value is 0. The van der Waals surface area contributed by atoms with Gasteiger partial charge in [-0.2, -0.15) is 0 Å². The van der Waals surface area contributed by atoms with Gasteiger partial charge in [-0.1, -0.05) is 41.0 Å². The highest BCUT2D eigenvalue weighted by molar-refractivity contribution is 4.85. The van der Waals surface area contributed by atoms with Gasteiger partial charge in [-0.05, 0) is 42.4 Å². The van der Waals surface area contributed by atoms with Gasteiger partial charge < -0.3 is 0 Å². The Labute approximate surface area is 84.1 Å². The summed E-state index contributed by atoms with van der Waals surface area (Å²) in [5.74, 6) is 3.00. The van der Waals surface area contributed by atoms with Crippen LogP contribution in [0.4, 0.5) is 0 Å². The molecular formula is C13H26. The number of hydrogen-bond donors (Lipinski definition) is 0. The van der Waals surface area contributed by atoms with Crippen LogP contribution in [0.5, 0.6) is 0 Å². The van der Waals surface area contributed by atoms with Crippen LogP contribution < -0.4 is 0 Å². The molecule has 0 radical (unpaired) electrons. The fourth-order valence-corrected chi connectivity index (χ4v) is 2.42. The maximum Gasteiger partial charge on any atom is -0.0354 e. The van der Waals surface area contributed by atoms with Crippen LogP contribution in [-0.4, -0.2) is 0 Å². The Balaban J connectivity index is 2.21. The van der Waals surface area contributed by atoms with Crippen LogP contribution in [0.1, 0.15) is 60.3 Å². The molecule has 0 aromatic rings. The first-order valence-corrected chi connectivity index (χ1v) is 5.94. The molecule has 0 saturated heterocycles. The molecular weight excluding hydrogens is 156 g/mol. The largest absolute Gasteiger partial charge is 0.0649 e. The lowest BCUT2D eigenvalue weighted by atomic mass is 9.64. The van der Waals surface area contributed by atoms with Crippen LogP contribution in [0.25, 0.3) is 0 Å². The van der Waals surface area contributed by atoms with E-state index in [1.807, 2.05) is 0 Å². The van der Waals surface area contributed by atoms with Crippen molar-refractivity contribution >= 4 is 0 Å². The summed E-state index contributed by atoms with van der Waals surface area (Å²) in [6, 6.07) is 0. The Morgan fingerprint density at radius 1 is 1.23 bits per heavy atom. The summed E-state index contributed by atoms with van der Waals surface area (Å²) in [5.41, 5.74) is 0.590. The van der Waals surface area contributed by atoms with E-state index < -0.39 is 0 Å². The summed E-state index contributed by atoms with van der Waals surface area (Å²) in [6.07, 6.45) is 5.78. The van der Waals surface area contributed by atoms with E-state index in [2.05, 4.69) is 34.6 Å². The van der Waals surface area contributed by atoms with Crippen molar-refractivity contribution in [3.05, 3.63) is 0 Å². The van der Waals surface area contributed by atoms with E-state index in [-0.39, 0.29) is 0 Å². The lowest BCUT2D eigenvalue weighted by Gasteiger charge is -2.42. The van der Waals surface area contributed by atoms with E-state index in [0.717, 1.165) is 17.8 Å². The highest BCUT2D eigenvalue weighted by atomic mass is 14.4. The van der Waals surface area contributed by atoms with Crippen molar-refractivity contribution in [2.24, 2.45) is 23.2 Å². The molecule has 1 aliphatic rings. The molecule has 78 valence electrons. The maximum absolute atomic E-state index is 2.41. The third-order valence-corrected chi connectivity index (χ3v) is 4.01. The zero-order valence-corrected chi connectivity index (χ0v) is 10.1. The van der Waals surface area contributed by atoms with Gasteiger partial charge in [0.2, 0.25) is 0 Å². The second kappa shape index (κ2) is 4.02. The van der Waals surface area contributed by atoms with Crippen LogP contribution in [0.15, 0.2) is 0 Å². The van der Waals surface area contributed by atoms with E-state index in [4.69, 9.17) is 0 Å². The molecule has 0 amide bonds. The summed E-state index contributed by atoms with van der Waals surface area (Å²) >= 11 is 0. The fraction of sp³-hybridized carbons (Fsp3) is 1.00. The molecule has 0 N–H and O–H groups in total. The Bertz CT molecular complexity index is 149. The molecule has 0 aromatic heterocycles. The third kappa shape index (κ3) is 3.00. The normalized spacial score (nSPS) is 29.1. The molecule has 13 heavy (non-hydrogen) atoms. The fourth-order valence-electron chi connectivity index (χ4n) is 2.42. The average Bonchev–Trinajstić information content (AvgIpc) is 1.95. The van der Waals surface area contributed by atoms with Crippen molar-refractivity contribution < 1.29 is 0 Å². The summed E-state index contributed by atoms with van der Waals surface area (Å²) in [5, 5.41) is 0. The molecule has 0 heteroatoms. The first-order chi connectivity index (χ1) is 5.94. The van der Waals surface area contributed by atoms with Gasteiger partial charge >= 0.3 is 0 Å². The Morgan fingerprint density at radius 3 is 2.15 bits per heavy atom. The standard InChI is InChI=1S/C13H26/c1-6-13(4,5)9-11-7-12(8-11)10(2)3/h10-12H,6-9H2,1-5H3. The van der Waals surface area contributed by atoms with Crippen molar-refractivity contribution in [1.29, 1.82) is 0 Å². The minimum atomic E-state index is 0.590. The predicted molar refractivity (Wildman–Crippen MR) is 59.7 cm³/mol.